The second-order valence-corrected chi connectivity index (χ2v) is 21.7. The Morgan fingerprint density at radius 1 is 0.279 bits per heavy atom. The van der Waals surface area contributed by atoms with Gasteiger partial charge in [0.2, 0.25) is 0 Å². The van der Waals surface area contributed by atoms with Crippen molar-refractivity contribution in [2.45, 2.75) is 105 Å². The highest BCUT2D eigenvalue weighted by atomic mass is 32.1. The number of hydrogen-bond donors (Lipinski definition) is 0. The largest absolute Gasteiger partial charge is 0.137 e. The van der Waals surface area contributed by atoms with Gasteiger partial charge in [-0.1, -0.05) is 174 Å². The number of fused-ring (bicyclic) bond motifs is 4. The highest BCUT2D eigenvalue weighted by Gasteiger charge is 2.22. The van der Waals surface area contributed by atoms with E-state index in [2.05, 4.69) is 196 Å². The molecule has 0 saturated carbocycles. The average Bonchev–Trinajstić information content (AvgIpc) is 4.13. The third-order valence-corrected chi connectivity index (χ3v) is 17.6. The highest BCUT2D eigenvalue weighted by Crippen LogP contribution is 2.37. The van der Waals surface area contributed by atoms with Gasteiger partial charge in [-0.15, -0.1) is 45.3 Å². The topological polar surface area (TPSA) is 0 Å². The number of unbranched alkanes of at least 4 members (excludes halogenated alkanes) is 4. The molecule has 4 heterocycles. The number of hydrogen-bond acceptors (Lipinski definition) is 4. The van der Waals surface area contributed by atoms with Gasteiger partial charge in [0.05, 0.1) is 18.1 Å². The fourth-order valence-electron chi connectivity index (χ4n) is 8.71. The Hall–Kier alpha value is -6.08. The van der Waals surface area contributed by atoms with Gasteiger partial charge in [-0.3, -0.25) is 0 Å². The van der Waals surface area contributed by atoms with Crippen LogP contribution in [0.2, 0.25) is 0 Å². The van der Waals surface area contributed by atoms with Crippen LogP contribution in [0.4, 0.5) is 0 Å². The van der Waals surface area contributed by atoms with Crippen LogP contribution in [0.25, 0.3) is 0 Å². The molecule has 1 aliphatic carbocycles. The minimum atomic E-state index is 0.973. The zero-order valence-electron chi connectivity index (χ0n) is 39.7. The van der Waals surface area contributed by atoms with Crippen molar-refractivity contribution < 1.29 is 0 Å². The maximum absolute atomic E-state index is 3.90. The number of thiophene rings is 4. The molecule has 0 bridgehead atoms. The smallest absolute Gasteiger partial charge is 0.0544 e. The van der Waals surface area contributed by atoms with Gasteiger partial charge in [0.25, 0.3) is 0 Å². The molecule has 4 heteroatoms. The van der Waals surface area contributed by atoms with Crippen LogP contribution in [0.5, 0.6) is 0 Å². The summed E-state index contributed by atoms with van der Waals surface area (Å²) in [6.45, 7) is 9.20. The van der Waals surface area contributed by atoms with E-state index < -0.39 is 0 Å². The van der Waals surface area contributed by atoms with Crippen LogP contribution in [-0.4, -0.2) is 0 Å². The van der Waals surface area contributed by atoms with Crippen molar-refractivity contribution in [1.82, 2.24) is 0 Å². The highest BCUT2D eigenvalue weighted by molar-refractivity contribution is 7.14. The summed E-state index contributed by atoms with van der Waals surface area (Å²) in [7, 11) is 0. The van der Waals surface area contributed by atoms with E-state index in [1.54, 1.807) is 0 Å². The second-order valence-electron chi connectivity index (χ2n) is 17.3. The van der Waals surface area contributed by atoms with Crippen LogP contribution < -0.4 is 0 Å². The van der Waals surface area contributed by atoms with Crippen LogP contribution in [0, 0.1) is 86.4 Å². The van der Waals surface area contributed by atoms with Crippen LogP contribution in [0.3, 0.4) is 0 Å². The maximum Gasteiger partial charge on any atom is 0.0544 e. The molecule has 0 spiro atoms. The Bertz CT molecular complexity index is 3230. The van der Waals surface area contributed by atoms with E-state index >= 15 is 0 Å². The first-order valence-corrected chi connectivity index (χ1v) is 27.8. The first-order chi connectivity index (χ1) is 33.6. The normalized spacial score (nSPS) is 13.0. The number of benzene rings is 4. The Labute approximate surface area is 418 Å². The summed E-state index contributed by atoms with van der Waals surface area (Å²) in [5.74, 6) is 30.3. The summed E-state index contributed by atoms with van der Waals surface area (Å²) in [5.41, 5.74) is 8.74. The average molecular weight is 953 g/mol. The van der Waals surface area contributed by atoms with Crippen molar-refractivity contribution >= 4 is 45.3 Å². The van der Waals surface area contributed by atoms with Crippen molar-refractivity contribution in [3.8, 4) is 47.4 Å². The molecule has 0 N–H and O–H groups in total. The molecule has 0 atom stereocenters. The second kappa shape index (κ2) is 22.8. The van der Waals surface area contributed by atoms with Crippen molar-refractivity contribution in [3.63, 3.8) is 0 Å². The molecular weight excluding hydrogens is 897 g/mol. The predicted octanol–water partition coefficient (Wildman–Crippen LogP) is 16.4. The van der Waals surface area contributed by atoms with E-state index in [-0.39, 0.29) is 0 Å². The van der Waals surface area contributed by atoms with Gasteiger partial charge in [-0.25, -0.2) is 0 Å². The lowest BCUT2D eigenvalue weighted by molar-refractivity contribution is 0.802. The van der Waals surface area contributed by atoms with Crippen LogP contribution in [0.15, 0.2) is 121 Å². The van der Waals surface area contributed by atoms with Crippen LogP contribution in [0.1, 0.15) is 143 Å². The lowest BCUT2D eigenvalue weighted by Crippen LogP contribution is -1.91. The van der Waals surface area contributed by atoms with Crippen molar-refractivity contribution in [2.75, 3.05) is 0 Å². The fraction of sp³-hybridized carbons (Fsp3) is 0.250. The van der Waals surface area contributed by atoms with Gasteiger partial charge in [0.1, 0.15) is 0 Å². The molecule has 0 fully saturated rings. The summed E-state index contributed by atoms with van der Waals surface area (Å²) in [6, 6.07) is 42.1. The summed E-state index contributed by atoms with van der Waals surface area (Å²) in [5, 5.41) is 5.03. The third-order valence-electron chi connectivity index (χ3n) is 12.3. The van der Waals surface area contributed by atoms with Gasteiger partial charge < -0.3 is 0 Å². The standard InChI is InChI=1S/C64H56S4/c1-5-9-33-53-49(41-37-45-25-17-13-18-26-45)57-58-50(42-38-46-27-19-14-20-28-46)54(34-10-6-2)67-63(58)64-60(52(56(68-64)36-12-8-4)44-40-48-31-23-16-24-32-48)59-51(43-39-47-29-21-15-22-30-47)55(35-11-7-3)66-62(59)61(57)65-53/h13-32H,5-12,33-36H2,1-4H3/b58-57-,60-59-,62-61-,64-63-. The van der Waals surface area contributed by atoms with Crippen molar-refractivity contribution in [1.29, 1.82) is 0 Å². The summed E-state index contributed by atoms with van der Waals surface area (Å²) >= 11 is 7.89. The van der Waals surface area contributed by atoms with Gasteiger partial charge in [0.15, 0.2) is 0 Å². The number of aryl methyl sites for hydroxylation is 4. The van der Waals surface area contributed by atoms with Gasteiger partial charge in [-0.05, 0) is 99.9 Å². The van der Waals surface area contributed by atoms with E-state index in [1.165, 1.54) is 58.5 Å². The summed E-state index contributed by atoms with van der Waals surface area (Å²) in [6.07, 6.45) is 12.7. The SMILES string of the molecule is CCCCc1sc2/c(c1C#Cc1ccccc1)=c1/c(C#Cc3ccccc3)c(CCCC)s/c1=c1\sc(CCCC)c(C#Cc3ccccc3)\c1=c1/c(C#Cc3ccccc3)c(CCCC)s/c1=2. The molecule has 0 nitrogen and oxygen atoms in total. The Kier molecular flexibility index (Phi) is 15.8. The van der Waals surface area contributed by atoms with Crippen molar-refractivity contribution in [2.24, 2.45) is 0 Å². The molecule has 8 aromatic rings. The third kappa shape index (κ3) is 10.3. The molecule has 4 aromatic heterocycles. The first-order valence-electron chi connectivity index (χ1n) is 24.5. The Morgan fingerprint density at radius 3 is 0.676 bits per heavy atom. The zero-order chi connectivity index (χ0) is 46.7. The molecule has 0 amide bonds. The number of rotatable bonds is 12. The van der Waals surface area contributed by atoms with Gasteiger partial charge in [0, 0.05) is 84.9 Å². The Balaban J connectivity index is 1.63. The summed E-state index contributed by atoms with van der Waals surface area (Å²) in [4.78, 5) is 5.44. The van der Waals surface area contributed by atoms with E-state index in [4.69, 9.17) is 0 Å². The Morgan fingerprint density at radius 2 is 0.485 bits per heavy atom. The van der Waals surface area contributed by atoms with Crippen LogP contribution >= 0.6 is 45.3 Å². The minimum absolute atomic E-state index is 0.973. The molecule has 0 aliphatic heterocycles. The van der Waals surface area contributed by atoms with E-state index in [0.29, 0.717) is 0 Å². The van der Waals surface area contributed by atoms with Gasteiger partial charge in [-0.2, -0.15) is 0 Å². The van der Waals surface area contributed by atoms with E-state index in [1.807, 2.05) is 45.3 Å². The maximum atomic E-state index is 3.90. The molecule has 0 saturated heterocycles. The molecule has 336 valence electrons. The minimum Gasteiger partial charge on any atom is -0.137 e. The summed E-state index contributed by atoms with van der Waals surface area (Å²) < 4.78 is 5.21. The molecule has 68 heavy (non-hydrogen) atoms. The van der Waals surface area contributed by atoms with Gasteiger partial charge >= 0.3 is 0 Å². The van der Waals surface area contributed by atoms with Crippen molar-refractivity contribution in [3.05, 3.63) is 224 Å². The zero-order valence-corrected chi connectivity index (χ0v) is 42.9. The molecule has 0 radical (unpaired) electrons. The quantitative estimate of drug-likeness (QED) is 0.107. The van der Waals surface area contributed by atoms with E-state index in [0.717, 1.165) is 122 Å². The predicted molar refractivity (Wildman–Crippen MR) is 292 cm³/mol. The molecule has 1 aliphatic rings. The lowest BCUT2D eigenvalue weighted by Gasteiger charge is -1.99. The van der Waals surface area contributed by atoms with E-state index in [9.17, 15) is 0 Å². The molecule has 4 aromatic carbocycles. The molecular formula is C64H56S4. The molecule has 0 unspecified atom stereocenters. The monoisotopic (exact) mass is 952 g/mol. The van der Waals surface area contributed by atoms with Crippen LogP contribution in [-0.2, 0) is 25.7 Å². The molecule has 9 rings (SSSR count). The fourth-order valence-corrected chi connectivity index (χ4v) is 14.2. The first kappa shape index (κ1) is 47.0. The lowest BCUT2D eigenvalue weighted by atomic mass is 10.0.